The second kappa shape index (κ2) is 5.95. The number of ether oxygens (including phenoxy) is 3. The molecule has 0 unspecified atom stereocenters. The van der Waals surface area contributed by atoms with E-state index in [2.05, 4.69) is 10.3 Å². The first-order chi connectivity index (χ1) is 9.25. The van der Waals surface area contributed by atoms with E-state index in [1.807, 2.05) is 30.3 Å². The molecule has 100 valence electrons. The van der Waals surface area contributed by atoms with Crippen LogP contribution < -0.4 is 19.5 Å². The maximum Gasteiger partial charge on any atom is 0.214 e. The van der Waals surface area contributed by atoms with Gasteiger partial charge in [0, 0.05) is 41.8 Å². The second-order valence-corrected chi connectivity index (χ2v) is 3.81. The van der Waals surface area contributed by atoms with Crippen molar-refractivity contribution in [2.75, 3.05) is 26.6 Å². The Hall–Kier alpha value is -2.43. The van der Waals surface area contributed by atoms with Gasteiger partial charge in [0.05, 0.1) is 21.3 Å². The first-order valence-electron chi connectivity index (χ1n) is 5.75. The van der Waals surface area contributed by atoms with E-state index in [-0.39, 0.29) is 0 Å². The van der Waals surface area contributed by atoms with Crippen molar-refractivity contribution < 1.29 is 14.2 Å². The highest BCUT2D eigenvalue weighted by atomic mass is 16.5. The van der Waals surface area contributed by atoms with Gasteiger partial charge in [-0.05, 0) is 6.07 Å². The molecule has 0 atom stereocenters. The van der Waals surface area contributed by atoms with Crippen molar-refractivity contribution in [3.05, 3.63) is 36.5 Å². The molecule has 0 spiro atoms. The van der Waals surface area contributed by atoms with Gasteiger partial charge in [-0.25, -0.2) is 4.98 Å². The fourth-order valence-electron chi connectivity index (χ4n) is 1.65. The fourth-order valence-corrected chi connectivity index (χ4v) is 1.65. The third kappa shape index (κ3) is 3.28. The Morgan fingerprint density at radius 3 is 2.11 bits per heavy atom. The summed E-state index contributed by atoms with van der Waals surface area (Å²) in [4.78, 5) is 4.06. The minimum Gasteiger partial charge on any atom is -0.497 e. The summed E-state index contributed by atoms with van der Waals surface area (Å²) in [5.41, 5.74) is 1.74. The molecule has 2 aromatic rings. The Labute approximate surface area is 112 Å². The average Bonchev–Trinajstić information content (AvgIpc) is 2.47. The summed E-state index contributed by atoms with van der Waals surface area (Å²) in [6, 6.07) is 9.25. The summed E-state index contributed by atoms with van der Waals surface area (Å²) < 4.78 is 15.5. The van der Waals surface area contributed by atoms with Gasteiger partial charge >= 0.3 is 0 Å². The van der Waals surface area contributed by atoms with E-state index in [9.17, 15) is 0 Å². The van der Waals surface area contributed by atoms with Crippen LogP contribution in [0.25, 0.3) is 0 Å². The van der Waals surface area contributed by atoms with Gasteiger partial charge in [0.1, 0.15) is 11.5 Å². The van der Waals surface area contributed by atoms with E-state index < -0.39 is 0 Å². The predicted molar refractivity (Wildman–Crippen MR) is 73.6 cm³/mol. The smallest absolute Gasteiger partial charge is 0.214 e. The number of anilines is 2. The van der Waals surface area contributed by atoms with Gasteiger partial charge in [-0.3, -0.25) is 0 Å². The summed E-state index contributed by atoms with van der Waals surface area (Å²) >= 11 is 0. The zero-order chi connectivity index (χ0) is 13.7. The summed E-state index contributed by atoms with van der Waals surface area (Å²) in [5, 5.41) is 3.25. The van der Waals surface area contributed by atoms with E-state index in [4.69, 9.17) is 14.2 Å². The van der Waals surface area contributed by atoms with Crippen LogP contribution in [0.4, 0.5) is 11.4 Å². The molecule has 1 aromatic heterocycles. The van der Waals surface area contributed by atoms with Gasteiger partial charge in [-0.2, -0.15) is 0 Å². The Morgan fingerprint density at radius 1 is 0.842 bits per heavy atom. The summed E-state index contributed by atoms with van der Waals surface area (Å²) in [7, 11) is 4.82. The zero-order valence-electron chi connectivity index (χ0n) is 11.1. The molecule has 1 heterocycles. The lowest BCUT2D eigenvalue weighted by Gasteiger charge is -2.11. The highest BCUT2D eigenvalue weighted by Gasteiger charge is 2.03. The van der Waals surface area contributed by atoms with Gasteiger partial charge in [-0.1, -0.05) is 0 Å². The van der Waals surface area contributed by atoms with Crippen molar-refractivity contribution in [2.45, 2.75) is 0 Å². The van der Waals surface area contributed by atoms with E-state index in [1.54, 1.807) is 27.5 Å². The van der Waals surface area contributed by atoms with E-state index >= 15 is 0 Å². The average molecular weight is 260 g/mol. The minimum atomic E-state index is 0.555. The first kappa shape index (κ1) is 13.0. The highest BCUT2D eigenvalue weighted by molar-refractivity contribution is 5.63. The Balaban J connectivity index is 2.26. The zero-order valence-corrected chi connectivity index (χ0v) is 11.1. The SMILES string of the molecule is COc1cc(Nc2ccnc(OC)c2)cc(OC)c1. The standard InChI is InChI=1S/C14H16N2O3/c1-17-12-6-11(7-13(9-12)18-2)16-10-4-5-15-14(8-10)19-3/h4-9H,1-3H3,(H,15,16). The molecule has 0 aliphatic rings. The maximum absolute atomic E-state index is 5.22. The van der Waals surface area contributed by atoms with Crippen LogP contribution in [0.15, 0.2) is 36.5 Å². The highest BCUT2D eigenvalue weighted by Crippen LogP contribution is 2.28. The lowest BCUT2D eigenvalue weighted by atomic mass is 10.2. The molecule has 19 heavy (non-hydrogen) atoms. The van der Waals surface area contributed by atoms with Crippen molar-refractivity contribution >= 4 is 11.4 Å². The Morgan fingerprint density at radius 2 is 1.53 bits per heavy atom. The fraction of sp³-hybridized carbons (Fsp3) is 0.214. The lowest BCUT2D eigenvalue weighted by Crippen LogP contribution is -1.95. The van der Waals surface area contributed by atoms with Crippen LogP contribution >= 0.6 is 0 Å². The molecule has 0 aliphatic carbocycles. The molecule has 0 bridgehead atoms. The monoisotopic (exact) mass is 260 g/mol. The predicted octanol–water partition coefficient (Wildman–Crippen LogP) is 2.85. The molecule has 0 saturated carbocycles. The first-order valence-corrected chi connectivity index (χ1v) is 5.75. The van der Waals surface area contributed by atoms with Crippen LogP contribution in [0.5, 0.6) is 17.4 Å². The molecule has 0 radical (unpaired) electrons. The van der Waals surface area contributed by atoms with Gasteiger partial charge in [0.2, 0.25) is 5.88 Å². The van der Waals surface area contributed by atoms with Gasteiger partial charge in [0.25, 0.3) is 0 Å². The number of nitrogens with zero attached hydrogens (tertiary/aromatic N) is 1. The maximum atomic E-state index is 5.22. The molecule has 2 rings (SSSR count). The number of aromatic nitrogens is 1. The van der Waals surface area contributed by atoms with E-state index in [0.29, 0.717) is 5.88 Å². The van der Waals surface area contributed by atoms with Crippen LogP contribution in [0.3, 0.4) is 0 Å². The quantitative estimate of drug-likeness (QED) is 0.895. The molecule has 0 fully saturated rings. The molecule has 1 aromatic carbocycles. The van der Waals surface area contributed by atoms with Crippen molar-refractivity contribution in [1.29, 1.82) is 0 Å². The summed E-state index contributed by atoms with van der Waals surface area (Å²) in [6.07, 6.45) is 1.68. The lowest BCUT2D eigenvalue weighted by molar-refractivity contribution is 0.395. The molecular weight excluding hydrogens is 244 g/mol. The third-order valence-electron chi connectivity index (χ3n) is 2.58. The third-order valence-corrected chi connectivity index (χ3v) is 2.58. The number of hydrogen-bond donors (Lipinski definition) is 1. The van der Waals surface area contributed by atoms with Crippen molar-refractivity contribution in [1.82, 2.24) is 4.98 Å². The number of benzene rings is 1. The van der Waals surface area contributed by atoms with Crippen molar-refractivity contribution in [3.8, 4) is 17.4 Å². The summed E-state index contributed by atoms with van der Waals surface area (Å²) in [6.45, 7) is 0. The van der Waals surface area contributed by atoms with Crippen LogP contribution in [-0.4, -0.2) is 26.3 Å². The van der Waals surface area contributed by atoms with Crippen LogP contribution in [0.2, 0.25) is 0 Å². The summed E-state index contributed by atoms with van der Waals surface area (Å²) in [5.74, 6) is 2.01. The van der Waals surface area contributed by atoms with Gasteiger partial charge in [0.15, 0.2) is 0 Å². The molecule has 5 heteroatoms. The van der Waals surface area contributed by atoms with Gasteiger partial charge in [-0.15, -0.1) is 0 Å². The molecule has 0 amide bonds. The molecule has 5 nitrogen and oxygen atoms in total. The number of rotatable bonds is 5. The number of methoxy groups -OCH3 is 3. The van der Waals surface area contributed by atoms with Crippen LogP contribution in [0.1, 0.15) is 0 Å². The van der Waals surface area contributed by atoms with E-state index in [1.165, 1.54) is 0 Å². The number of pyridine rings is 1. The Kier molecular flexibility index (Phi) is 4.07. The Bertz CT molecular complexity index is 536. The van der Waals surface area contributed by atoms with Gasteiger partial charge < -0.3 is 19.5 Å². The van der Waals surface area contributed by atoms with Crippen molar-refractivity contribution in [3.63, 3.8) is 0 Å². The molecular formula is C14H16N2O3. The van der Waals surface area contributed by atoms with Crippen molar-refractivity contribution in [2.24, 2.45) is 0 Å². The largest absolute Gasteiger partial charge is 0.497 e. The topological polar surface area (TPSA) is 52.6 Å². The molecule has 0 saturated heterocycles. The van der Waals surface area contributed by atoms with E-state index in [0.717, 1.165) is 22.9 Å². The van der Waals surface area contributed by atoms with Crippen LogP contribution in [0, 0.1) is 0 Å². The second-order valence-electron chi connectivity index (χ2n) is 3.81. The molecule has 1 N–H and O–H groups in total. The van der Waals surface area contributed by atoms with Crippen LogP contribution in [-0.2, 0) is 0 Å². The minimum absolute atomic E-state index is 0.555. The number of hydrogen-bond acceptors (Lipinski definition) is 5. The number of nitrogens with one attached hydrogen (secondary N) is 1. The molecule has 0 aliphatic heterocycles. The normalized spacial score (nSPS) is 9.84.